The molecule has 0 atom stereocenters. The van der Waals surface area contributed by atoms with E-state index in [4.69, 9.17) is 0 Å². The van der Waals surface area contributed by atoms with Crippen molar-refractivity contribution in [3.05, 3.63) is 28.5 Å². The molecule has 20 heavy (non-hydrogen) atoms. The van der Waals surface area contributed by atoms with Crippen LogP contribution in [0.15, 0.2) is 22.7 Å². The Morgan fingerprint density at radius 1 is 1.40 bits per heavy atom. The van der Waals surface area contributed by atoms with Crippen molar-refractivity contribution in [2.24, 2.45) is 0 Å². The highest BCUT2D eigenvalue weighted by Gasteiger charge is 2.35. The van der Waals surface area contributed by atoms with Crippen LogP contribution in [0, 0.1) is 5.82 Å². The lowest BCUT2D eigenvalue weighted by molar-refractivity contribution is -0.126. The van der Waals surface area contributed by atoms with Crippen LogP contribution >= 0.6 is 15.9 Å². The van der Waals surface area contributed by atoms with Crippen LogP contribution in [0.3, 0.4) is 0 Å². The molecule has 1 amide bonds. The van der Waals surface area contributed by atoms with Crippen molar-refractivity contribution in [2.45, 2.75) is 19.4 Å². The van der Waals surface area contributed by atoms with Crippen molar-refractivity contribution >= 4 is 27.5 Å². The first kappa shape index (κ1) is 15.4. The Morgan fingerprint density at radius 2 is 2.05 bits per heavy atom. The van der Waals surface area contributed by atoms with Crippen LogP contribution in [0.1, 0.15) is 13.8 Å². The van der Waals surface area contributed by atoms with Gasteiger partial charge in [0.1, 0.15) is 5.82 Å². The zero-order chi connectivity index (χ0) is 14.8. The lowest BCUT2D eigenvalue weighted by atomic mass is 10.0. The highest BCUT2D eigenvalue weighted by Crippen LogP contribution is 2.27. The van der Waals surface area contributed by atoms with E-state index in [2.05, 4.69) is 31.5 Å². The minimum atomic E-state index is -0.677. The fourth-order valence-corrected chi connectivity index (χ4v) is 2.69. The number of nitrogens with one attached hydrogen (secondary N) is 2. The van der Waals surface area contributed by atoms with Crippen molar-refractivity contribution in [1.29, 1.82) is 0 Å². The highest BCUT2D eigenvalue weighted by molar-refractivity contribution is 9.10. The Hall–Kier alpha value is -0.980. The fraction of sp³-hybridized carbons (Fsp3) is 0.500. The molecule has 0 aliphatic carbocycles. The molecule has 110 valence electrons. The third-order valence-electron chi connectivity index (χ3n) is 3.66. The second-order valence-corrected chi connectivity index (χ2v) is 6.20. The average Bonchev–Trinajstić information content (AvgIpc) is 2.43. The molecule has 0 bridgehead atoms. The summed E-state index contributed by atoms with van der Waals surface area (Å²) in [6.45, 7) is 7.06. The normalized spacial score (nSPS) is 17.0. The Bertz CT molecular complexity index is 481. The summed E-state index contributed by atoms with van der Waals surface area (Å²) >= 11 is 3.26. The van der Waals surface area contributed by atoms with Crippen molar-refractivity contribution < 1.29 is 9.18 Å². The van der Waals surface area contributed by atoms with Gasteiger partial charge in [-0.2, -0.15) is 0 Å². The molecule has 2 rings (SSSR count). The second kappa shape index (κ2) is 6.20. The topological polar surface area (TPSA) is 44.4 Å². The first-order chi connectivity index (χ1) is 9.43. The number of carbonyl (C=O) groups is 1. The number of hydrogen-bond acceptors (Lipinski definition) is 3. The number of halogens is 2. The molecule has 0 radical (unpaired) electrons. The summed E-state index contributed by atoms with van der Waals surface area (Å²) in [5.41, 5.74) is -0.482. The maximum Gasteiger partial charge on any atom is 0.244 e. The predicted molar refractivity (Wildman–Crippen MR) is 81.3 cm³/mol. The minimum Gasteiger partial charge on any atom is -0.321 e. The Kier molecular flexibility index (Phi) is 4.78. The SMILES string of the molecule is CC(C)(C(=O)Nc1c(F)cccc1Br)N1CCNCC1. The van der Waals surface area contributed by atoms with E-state index in [1.54, 1.807) is 12.1 Å². The van der Waals surface area contributed by atoms with Gasteiger partial charge in [-0.1, -0.05) is 6.07 Å². The lowest BCUT2D eigenvalue weighted by Crippen LogP contribution is -2.58. The molecule has 1 aliphatic rings. The minimum absolute atomic E-state index is 0.195. The molecule has 0 aromatic heterocycles. The van der Waals surface area contributed by atoms with Crippen LogP contribution in [0.25, 0.3) is 0 Å². The van der Waals surface area contributed by atoms with Crippen molar-refractivity contribution in [3.63, 3.8) is 0 Å². The molecule has 1 aromatic rings. The van der Waals surface area contributed by atoms with E-state index in [1.807, 2.05) is 13.8 Å². The molecule has 1 fully saturated rings. The average molecular weight is 344 g/mol. The summed E-state index contributed by atoms with van der Waals surface area (Å²) in [6, 6.07) is 4.63. The fourth-order valence-electron chi connectivity index (χ4n) is 2.25. The Labute approximate surface area is 126 Å². The van der Waals surface area contributed by atoms with Gasteiger partial charge in [0.25, 0.3) is 0 Å². The van der Waals surface area contributed by atoms with Gasteiger partial charge in [-0.3, -0.25) is 9.69 Å². The molecule has 6 heteroatoms. The summed E-state index contributed by atoms with van der Waals surface area (Å²) in [5, 5.41) is 5.95. The monoisotopic (exact) mass is 343 g/mol. The predicted octanol–water partition coefficient (Wildman–Crippen LogP) is 2.21. The third kappa shape index (κ3) is 3.19. The molecule has 0 saturated carbocycles. The smallest absolute Gasteiger partial charge is 0.244 e. The number of carbonyl (C=O) groups excluding carboxylic acids is 1. The number of anilines is 1. The molecule has 1 heterocycles. The highest BCUT2D eigenvalue weighted by atomic mass is 79.9. The standard InChI is InChI=1S/C14H19BrFN3O/c1-14(2,19-8-6-17-7-9-19)13(20)18-12-10(15)4-3-5-11(12)16/h3-5,17H,6-9H2,1-2H3,(H,18,20). The third-order valence-corrected chi connectivity index (χ3v) is 4.33. The summed E-state index contributed by atoms with van der Waals surface area (Å²) < 4.78 is 14.3. The van der Waals surface area contributed by atoms with Crippen LogP contribution in [-0.4, -0.2) is 42.5 Å². The van der Waals surface area contributed by atoms with Gasteiger partial charge >= 0.3 is 0 Å². The quantitative estimate of drug-likeness (QED) is 0.884. The molecule has 1 aromatic carbocycles. The number of hydrogen-bond donors (Lipinski definition) is 2. The van der Waals surface area contributed by atoms with Crippen molar-refractivity contribution in [2.75, 3.05) is 31.5 Å². The van der Waals surface area contributed by atoms with Gasteiger partial charge in [0.15, 0.2) is 0 Å². The summed E-state index contributed by atoms with van der Waals surface area (Å²) in [6.07, 6.45) is 0. The van der Waals surface area contributed by atoms with E-state index in [9.17, 15) is 9.18 Å². The van der Waals surface area contributed by atoms with E-state index < -0.39 is 11.4 Å². The van der Waals surface area contributed by atoms with E-state index >= 15 is 0 Å². The maximum absolute atomic E-state index is 13.8. The van der Waals surface area contributed by atoms with E-state index in [0.29, 0.717) is 4.47 Å². The number of rotatable bonds is 3. The van der Waals surface area contributed by atoms with Crippen LogP contribution in [0.2, 0.25) is 0 Å². The molecule has 0 spiro atoms. The zero-order valence-corrected chi connectivity index (χ0v) is 13.3. The van der Waals surface area contributed by atoms with E-state index in [0.717, 1.165) is 26.2 Å². The van der Waals surface area contributed by atoms with Gasteiger partial charge in [0, 0.05) is 30.7 Å². The van der Waals surface area contributed by atoms with Gasteiger partial charge in [0.05, 0.1) is 11.2 Å². The Balaban J connectivity index is 2.14. The second-order valence-electron chi connectivity index (χ2n) is 5.35. The van der Waals surface area contributed by atoms with Gasteiger partial charge in [-0.25, -0.2) is 4.39 Å². The number of piperazine rings is 1. The van der Waals surface area contributed by atoms with Gasteiger partial charge in [-0.05, 0) is 41.9 Å². The van der Waals surface area contributed by atoms with Crippen LogP contribution < -0.4 is 10.6 Å². The molecule has 1 aliphatic heterocycles. The van der Waals surface area contributed by atoms with E-state index in [1.165, 1.54) is 6.07 Å². The number of benzene rings is 1. The van der Waals surface area contributed by atoms with Crippen LogP contribution in [-0.2, 0) is 4.79 Å². The Morgan fingerprint density at radius 3 is 2.65 bits per heavy atom. The number of amides is 1. The van der Waals surface area contributed by atoms with Crippen molar-refractivity contribution in [3.8, 4) is 0 Å². The summed E-state index contributed by atoms with van der Waals surface area (Å²) in [4.78, 5) is 14.6. The van der Waals surface area contributed by atoms with Gasteiger partial charge in [0.2, 0.25) is 5.91 Å². The summed E-state index contributed by atoms with van der Waals surface area (Å²) in [5.74, 6) is -0.644. The molecule has 0 unspecified atom stereocenters. The van der Waals surface area contributed by atoms with Gasteiger partial charge < -0.3 is 10.6 Å². The molecule has 4 nitrogen and oxygen atoms in total. The molecule has 1 saturated heterocycles. The van der Waals surface area contributed by atoms with Gasteiger partial charge in [-0.15, -0.1) is 0 Å². The van der Waals surface area contributed by atoms with Crippen LogP contribution in [0.5, 0.6) is 0 Å². The van der Waals surface area contributed by atoms with E-state index in [-0.39, 0.29) is 11.6 Å². The maximum atomic E-state index is 13.8. The number of para-hydroxylation sites is 1. The molecular formula is C14H19BrFN3O. The van der Waals surface area contributed by atoms with Crippen molar-refractivity contribution in [1.82, 2.24) is 10.2 Å². The molecule has 2 N–H and O–H groups in total. The van der Waals surface area contributed by atoms with Crippen LogP contribution in [0.4, 0.5) is 10.1 Å². The first-order valence-corrected chi connectivity index (χ1v) is 7.43. The lowest BCUT2D eigenvalue weighted by Gasteiger charge is -2.39. The summed E-state index contributed by atoms with van der Waals surface area (Å²) in [7, 11) is 0. The largest absolute Gasteiger partial charge is 0.321 e. The molecular weight excluding hydrogens is 325 g/mol. The zero-order valence-electron chi connectivity index (χ0n) is 11.7. The first-order valence-electron chi connectivity index (χ1n) is 6.64. The number of nitrogens with zero attached hydrogens (tertiary/aromatic N) is 1.